The third-order valence-electron chi connectivity index (χ3n) is 2.59. The fraction of sp³-hybridized carbons (Fsp3) is 0.133. The second kappa shape index (κ2) is 6.85. The Bertz CT molecular complexity index is 563. The van der Waals surface area contributed by atoms with E-state index in [-0.39, 0.29) is 11.7 Å². The molecule has 1 aromatic carbocycles. The fourth-order valence-electron chi connectivity index (χ4n) is 1.62. The molecule has 19 heavy (non-hydrogen) atoms. The van der Waals surface area contributed by atoms with E-state index in [1.165, 1.54) is 12.1 Å². The number of benzene rings is 1. The van der Waals surface area contributed by atoms with Crippen molar-refractivity contribution in [2.45, 2.75) is 6.42 Å². The first-order valence-electron chi connectivity index (χ1n) is 5.98. The topological polar surface area (TPSA) is 29.1 Å². The van der Waals surface area contributed by atoms with Gasteiger partial charge in [-0.1, -0.05) is 24.3 Å². The number of rotatable bonds is 5. The molecule has 1 heterocycles. The maximum atomic E-state index is 13.3. The first kappa shape index (κ1) is 13.5. The first-order chi connectivity index (χ1) is 9.25. The lowest BCUT2D eigenvalue weighted by Crippen LogP contribution is -2.23. The van der Waals surface area contributed by atoms with Crippen molar-refractivity contribution in [1.82, 2.24) is 5.32 Å². The van der Waals surface area contributed by atoms with Crippen LogP contribution < -0.4 is 5.32 Å². The molecule has 1 amide bonds. The Hall–Kier alpha value is -1.94. The Balaban J connectivity index is 1.77. The summed E-state index contributed by atoms with van der Waals surface area (Å²) in [6.45, 7) is 0.425. The van der Waals surface area contributed by atoms with Crippen molar-refractivity contribution in [2.24, 2.45) is 0 Å². The van der Waals surface area contributed by atoms with Crippen LogP contribution in [0.5, 0.6) is 0 Å². The summed E-state index contributed by atoms with van der Waals surface area (Å²) in [7, 11) is 0. The molecule has 0 saturated carbocycles. The zero-order valence-corrected chi connectivity index (χ0v) is 11.1. The quantitative estimate of drug-likeness (QED) is 0.834. The van der Waals surface area contributed by atoms with E-state index in [9.17, 15) is 9.18 Å². The summed E-state index contributed by atoms with van der Waals surface area (Å²) in [5.41, 5.74) is 0.616. The Morgan fingerprint density at radius 1 is 1.26 bits per heavy atom. The van der Waals surface area contributed by atoms with Gasteiger partial charge in [-0.2, -0.15) is 0 Å². The summed E-state index contributed by atoms with van der Waals surface area (Å²) < 4.78 is 13.3. The van der Waals surface area contributed by atoms with Crippen molar-refractivity contribution in [1.29, 1.82) is 0 Å². The average Bonchev–Trinajstić information content (AvgIpc) is 2.92. The Morgan fingerprint density at radius 3 is 2.84 bits per heavy atom. The number of carbonyl (C=O) groups is 1. The maximum absolute atomic E-state index is 13.3. The highest BCUT2D eigenvalue weighted by molar-refractivity contribution is 7.10. The van der Waals surface area contributed by atoms with Crippen LogP contribution in [0.1, 0.15) is 10.4 Å². The molecule has 2 aromatic rings. The summed E-state index contributed by atoms with van der Waals surface area (Å²) in [5.74, 6) is -0.393. The van der Waals surface area contributed by atoms with E-state index >= 15 is 0 Å². The highest BCUT2D eigenvalue weighted by atomic mass is 32.1. The summed E-state index contributed by atoms with van der Waals surface area (Å²) in [5, 5.41) is 4.69. The molecule has 98 valence electrons. The Kier molecular flexibility index (Phi) is 4.86. The third kappa shape index (κ3) is 4.34. The molecule has 0 radical (unpaired) electrons. The smallest absolute Gasteiger partial charge is 0.244 e. The van der Waals surface area contributed by atoms with Gasteiger partial charge in [0.1, 0.15) is 5.82 Å². The molecule has 0 bridgehead atoms. The van der Waals surface area contributed by atoms with E-state index in [1.54, 1.807) is 35.6 Å². The van der Waals surface area contributed by atoms with Gasteiger partial charge in [-0.25, -0.2) is 4.39 Å². The molecule has 0 unspecified atom stereocenters. The average molecular weight is 275 g/mol. The van der Waals surface area contributed by atoms with Gasteiger partial charge < -0.3 is 5.32 Å². The molecule has 4 heteroatoms. The van der Waals surface area contributed by atoms with Crippen molar-refractivity contribution in [2.75, 3.05) is 6.54 Å². The molecule has 0 fully saturated rings. The van der Waals surface area contributed by atoms with E-state index in [0.717, 1.165) is 4.88 Å². The lowest BCUT2D eigenvalue weighted by atomic mass is 10.1. The summed E-state index contributed by atoms with van der Waals surface area (Å²) >= 11 is 1.57. The molecular formula is C15H14FNOS. The van der Waals surface area contributed by atoms with E-state index in [2.05, 4.69) is 5.32 Å². The molecular weight excluding hydrogens is 261 g/mol. The van der Waals surface area contributed by atoms with Crippen LogP contribution >= 0.6 is 11.3 Å². The van der Waals surface area contributed by atoms with Crippen molar-refractivity contribution in [3.05, 3.63) is 64.1 Å². The summed E-state index contributed by atoms with van der Waals surface area (Å²) in [4.78, 5) is 12.6. The van der Waals surface area contributed by atoms with Crippen LogP contribution in [-0.2, 0) is 11.2 Å². The normalized spacial score (nSPS) is 10.8. The third-order valence-corrected chi connectivity index (χ3v) is 3.43. The Morgan fingerprint density at radius 2 is 2.11 bits per heavy atom. The van der Waals surface area contributed by atoms with Crippen molar-refractivity contribution < 1.29 is 9.18 Å². The first-order valence-corrected chi connectivity index (χ1v) is 6.86. The van der Waals surface area contributed by atoms with Crippen LogP contribution in [0, 0.1) is 5.82 Å². The lowest BCUT2D eigenvalue weighted by Gasteiger charge is -2.03. The molecule has 1 aromatic heterocycles. The van der Waals surface area contributed by atoms with Crippen LogP contribution in [0.25, 0.3) is 6.08 Å². The lowest BCUT2D eigenvalue weighted by molar-refractivity contribution is -0.116. The minimum Gasteiger partial charge on any atom is -0.352 e. The standard InChI is InChI=1S/C15H14FNOS/c16-14-6-2-1-4-12(14)9-10-17-15(18)8-7-13-5-3-11-19-13/h1-8,11H,9-10H2,(H,17,18)/b8-7+. The molecule has 0 aliphatic heterocycles. The van der Waals surface area contributed by atoms with Crippen molar-refractivity contribution in [3.8, 4) is 0 Å². The number of hydrogen-bond donors (Lipinski definition) is 1. The number of amides is 1. The van der Waals surface area contributed by atoms with Gasteiger partial charge in [0.25, 0.3) is 0 Å². The number of thiophene rings is 1. The fourth-order valence-corrected chi connectivity index (χ4v) is 2.24. The van der Waals surface area contributed by atoms with Crippen molar-refractivity contribution >= 4 is 23.3 Å². The predicted octanol–water partition coefficient (Wildman–Crippen LogP) is 3.26. The zero-order chi connectivity index (χ0) is 13.5. The number of nitrogens with one attached hydrogen (secondary N) is 1. The monoisotopic (exact) mass is 275 g/mol. The van der Waals surface area contributed by atoms with Gasteiger partial charge in [-0.05, 0) is 35.6 Å². The second-order valence-corrected chi connectivity index (χ2v) is 4.96. The van der Waals surface area contributed by atoms with Gasteiger partial charge in [0.05, 0.1) is 0 Å². The molecule has 0 saturated heterocycles. The summed E-state index contributed by atoms with van der Waals surface area (Å²) in [6, 6.07) is 10.5. The van der Waals surface area contributed by atoms with Crippen molar-refractivity contribution in [3.63, 3.8) is 0 Å². The van der Waals surface area contributed by atoms with Gasteiger partial charge in [0.2, 0.25) is 5.91 Å². The minimum atomic E-state index is -0.231. The minimum absolute atomic E-state index is 0.162. The zero-order valence-electron chi connectivity index (χ0n) is 10.3. The molecule has 0 aliphatic rings. The molecule has 2 rings (SSSR count). The summed E-state index contributed by atoms with van der Waals surface area (Å²) in [6.07, 6.45) is 3.75. The molecule has 0 spiro atoms. The second-order valence-electron chi connectivity index (χ2n) is 3.98. The highest BCUT2D eigenvalue weighted by Gasteiger charge is 2.01. The highest BCUT2D eigenvalue weighted by Crippen LogP contribution is 2.10. The molecule has 0 aliphatic carbocycles. The van der Waals surface area contributed by atoms with Gasteiger partial charge in [-0.15, -0.1) is 11.3 Å². The number of halogens is 1. The van der Waals surface area contributed by atoms with E-state index in [0.29, 0.717) is 18.5 Å². The van der Waals surface area contributed by atoms with E-state index < -0.39 is 0 Å². The van der Waals surface area contributed by atoms with Gasteiger partial charge in [-0.3, -0.25) is 4.79 Å². The van der Waals surface area contributed by atoms with Crippen LogP contribution in [-0.4, -0.2) is 12.5 Å². The van der Waals surface area contributed by atoms with E-state index in [4.69, 9.17) is 0 Å². The number of hydrogen-bond acceptors (Lipinski definition) is 2. The Labute approximate surface area is 115 Å². The molecule has 1 N–H and O–H groups in total. The molecule has 2 nitrogen and oxygen atoms in total. The largest absolute Gasteiger partial charge is 0.352 e. The predicted molar refractivity (Wildman–Crippen MR) is 76.5 cm³/mol. The van der Waals surface area contributed by atoms with Crippen LogP contribution in [0.2, 0.25) is 0 Å². The van der Waals surface area contributed by atoms with Crippen LogP contribution in [0.3, 0.4) is 0 Å². The maximum Gasteiger partial charge on any atom is 0.244 e. The van der Waals surface area contributed by atoms with E-state index in [1.807, 2.05) is 17.5 Å². The SMILES string of the molecule is O=C(/C=C/c1cccs1)NCCc1ccccc1F. The van der Waals surface area contributed by atoms with Crippen LogP contribution in [0.15, 0.2) is 47.9 Å². The number of carbonyl (C=O) groups excluding carboxylic acids is 1. The van der Waals surface area contributed by atoms with Crippen LogP contribution in [0.4, 0.5) is 4.39 Å². The van der Waals surface area contributed by atoms with Gasteiger partial charge >= 0.3 is 0 Å². The van der Waals surface area contributed by atoms with Gasteiger partial charge in [0.15, 0.2) is 0 Å². The molecule has 0 atom stereocenters. The van der Waals surface area contributed by atoms with Gasteiger partial charge in [0, 0.05) is 17.5 Å².